The molecular weight excluding hydrogens is 270 g/mol. The topological polar surface area (TPSA) is 101 Å². The van der Waals surface area contributed by atoms with Crippen molar-refractivity contribution in [3.63, 3.8) is 0 Å². The normalized spacial score (nSPS) is 13.8. The van der Waals surface area contributed by atoms with Crippen molar-refractivity contribution < 1.29 is 19.8 Å². The molecule has 0 bridgehead atoms. The lowest BCUT2D eigenvalue weighted by Crippen LogP contribution is -2.32. The van der Waals surface area contributed by atoms with Gasteiger partial charge in [0.1, 0.15) is 6.04 Å². The molecule has 0 spiro atoms. The van der Waals surface area contributed by atoms with Gasteiger partial charge in [-0.2, -0.15) is 0 Å². The minimum atomic E-state index is -1.10. The Morgan fingerprint density at radius 2 is 1.84 bits per heavy atom. The minimum Gasteiger partial charge on any atom is -0.481 e. The molecule has 2 unspecified atom stereocenters. The van der Waals surface area contributed by atoms with Crippen LogP contribution >= 0.6 is 11.6 Å². The van der Waals surface area contributed by atoms with Crippen molar-refractivity contribution in [2.45, 2.75) is 25.8 Å². The van der Waals surface area contributed by atoms with Crippen molar-refractivity contribution in [3.05, 3.63) is 34.3 Å². The van der Waals surface area contributed by atoms with Gasteiger partial charge in [-0.25, -0.2) is 0 Å². The Labute approximate surface area is 116 Å². The van der Waals surface area contributed by atoms with Gasteiger partial charge in [-0.3, -0.25) is 9.59 Å². The summed E-state index contributed by atoms with van der Waals surface area (Å²) in [4.78, 5) is 21.6. The molecule has 0 fully saturated rings. The smallest absolute Gasteiger partial charge is 0.320 e. The van der Waals surface area contributed by atoms with Crippen LogP contribution in [0.1, 0.15) is 18.1 Å². The standard InChI is InChI=1S/C13H16ClNO4/c1-7(12(16)17)4-8-2-3-10(14)5-9(8)6-11(15)13(18)19/h2-3,5,7,11H,4,6,15H2,1H3,(H,16,17)(H,18,19). The van der Waals surface area contributed by atoms with E-state index >= 15 is 0 Å². The van der Waals surface area contributed by atoms with Gasteiger partial charge in [0.05, 0.1) is 5.92 Å². The Kier molecular flexibility index (Phi) is 5.32. The van der Waals surface area contributed by atoms with Crippen molar-refractivity contribution in [2.24, 2.45) is 11.7 Å². The van der Waals surface area contributed by atoms with E-state index in [1.54, 1.807) is 25.1 Å². The zero-order chi connectivity index (χ0) is 14.6. The Bertz CT molecular complexity index is 490. The third kappa shape index (κ3) is 4.54. The van der Waals surface area contributed by atoms with Crippen LogP contribution in [0.15, 0.2) is 18.2 Å². The maximum Gasteiger partial charge on any atom is 0.320 e. The zero-order valence-corrected chi connectivity index (χ0v) is 11.2. The second-order valence-corrected chi connectivity index (χ2v) is 4.94. The number of aliphatic carboxylic acids is 2. The summed E-state index contributed by atoms with van der Waals surface area (Å²) < 4.78 is 0. The second kappa shape index (κ2) is 6.54. The number of hydrogen-bond donors (Lipinski definition) is 3. The highest BCUT2D eigenvalue weighted by molar-refractivity contribution is 6.30. The Morgan fingerprint density at radius 1 is 1.21 bits per heavy atom. The van der Waals surface area contributed by atoms with Gasteiger partial charge >= 0.3 is 11.9 Å². The predicted octanol–water partition coefficient (Wildman–Crippen LogP) is 1.56. The van der Waals surface area contributed by atoms with Gasteiger partial charge in [0, 0.05) is 5.02 Å². The van der Waals surface area contributed by atoms with Gasteiger partial charge < -0.3 is 15.9 Å². The van der Waals surface area contributed by atoms with Crippen molar-refractivity contribution in [1.82, 2.24) is 0 Å². The van der Waals surface area contributed by atoms with E-state index in [1.165, 1.54) is 0 Å². The molecule has 1 aromatic carbocycles. The summed E-state index contributed by atoms with van der Waals surface area (Å²) in [5.74, 6) is -2.55. The van der Waals surface area contributed by atoms with E-state index in [-0.39, 0.29) is 6.42 Å². The zero-order valence-electron chi connectivity index (χ0n) is 10.5. The van der Waals surface area contributed by atoms with Crippen LogP contribution in [0.25, 0.3) is 0 Å². The molecule has 104 valence electrons. The molecule has 4 N–H and O–H groups in total. The molecule has 0 aromatic heterocycles. The number of carboxylic acids is 2. The van der Waals surface area contributed by atoms with Crippen LogP contribution in [-0.2, 0) is 22.4 Å². The summed E-state index contributed by atoms with van der Waals surface area (Å²) in [6.45, 7) is 1.60. The molecule has 0 heterocycles. The number of halogens is 1. The Balaban J connectivity index is 2.97. The number of hydrogen-bond acceptors (Lipinski definition) is 3. The quantitative estimate of drug-likeness (QED) is 0.736. The molecule has 0 aliphatic carbocycles. The van der Waals surface area contributed by atoms with Crippen molar-refractivity contribution in [3.8, 4) is 0 Å². The van der Waals surface area contributed by atoms with Crippen LogP contribution in [0.3, 0.4) is 0 Å². The predicted molar refractivity (Wildman–Crippen MR) is 71.3 cm³/mol. The summed E-state index contributed by atoms with van der Waals surface area (Å²) in [6, 6.07) is 3.97. The number of rotatable bonds is 6. The molecule has 0 aliphatic rings. The van der Waals surface area contributed by atoms with E-state index in [0.717, 1.165) is 5.56 Å². The fourth-order valence-corrected chi connectivity index (χ4v) is 1.92. The van der Waals surface area contributed by atoms with Gasteiger partial charge in [-0.15, -0.1) is 0 Å². The molecule has 0 saturated heterocycles. The van der Waals surface area contributed by atoms with Crippen molar-refractivity contribution in [1.29, 1.82) is 0 Å². The maximum absolute atomic E-state index is 10.9. The van der Waals surface area contributed by atoms with Gasteiger partial charge in [0.15, 0.2) is 0 Å². The van der Waals surface area contributed by atoms with E-state index in [4.69, 9.17) is 27.5 Å². The first-order chi connectivity index (χ1) is 8.81. The number of nitrogens with two attached hydrogens (primary N) is 1. The van der Waals surface area contributed by atoms with E-state index in [0.29, 0.717) is 17.0 Å². The van der Waals surface area contributed by atoms with E-state index < -0.39 is 23.9 Å². The molecule has 1 rings (SSSR count). The molecule has 6 heteroatoms. The summed E-state index contributed by atoms with van der Waals surface area (Å²) in [6.07, 6.45) is 0.436. The summed E-state index contributed by atoms with van der Waals surface area (Å²) in [5, 5.41) is 18.2. The highest BCUT2D eigenvalue weighted by Crippen LogP contribution is 2.20. The molecule has 19 heavy (non-hydrogen) atoms. The second-order valence-electron chi connectivity index (χ2n) is 4.51. The van der Waals surface area contributed by atoms with Crippen LogP contribution in [0, 0.1) is 5.92 Å². The monoisotopic (exact) mass is 285 g/mol. The molecule has 0 saturated carbocycles. The fourth-order valence-electron chi connectivity index (χ4n) is 1.73. The third-order valence-electron chi connectivity index (χ3n) is 2.87. The minimum absolute atomic E-state index is 0.123. The maximum atomic E-state index is 10.9. The lowest BCUT2D eigenvalue weighted by molar-refractivity contribution is -0.141. The third-order valence-corrected chi connectivity index (χ3v) is 3.11. The van der Waals surface area contributed by atoms with Gasteiger partial charge in [0.2, 0.25) is 0 Å². The van der Waals surface area contributed by atoms with Crippen LogP contribution < -0.4 is 5.73 Å². The first kappa shape index (κ1) is 15.5. The van der Waals surface area contributed by atoms with Crippen LogP contribution in [0.2, 0.25) is 5.02 Å². The summed E-state index contributed by atoms with van der Waals surface area (Å²) in [7, 11) is 0. The Hall–Kier alpha value is -1.59. The highest BCUT2D eigenvalue weighted by atomic mass is 35.5. The van der Waals surface area contributed by atoms with Crippen molar-refractivity contribution in [2.75, 3.05) is 0 Å². The molecule has 0 aliphatic heterocycles. The average molecular weight is 286 g/mol. The van der Waals surface area contributed by atoms with Crippen molar-refractivity contribution >= 4 is 23.5 Å². The fraction of sp³-hybridized carbons (Fsp3) is 0.385. The van der Waals surface area contributed by atoms with Crippen LogP contribution in [-0.4, -0.2) is 28.2 Å². The molecule has 1 aromatic rings. The first-order valence-corrected chi connectivity index (χ1v) is 6.17. The number of carbonyl (C=O) groups is 2. The van der Waals surface area contributed by atoms with Crippen LogP contribution in [0.4, 0.5) is 0 Å². The summed E-state index contributed by atoms with van der Waals surface area (Å²) in [5.41, 5.74) is 6.94. The number of carboxylic acid groups (broad SMARTS) is 2. The highest BCUT2D eigenvalue weighted by Gasteiger charge is 2.18. The van der Waals surface area contributed by atoms with Gasteiger partial charge in [-0.05, 0) is 36.1 Å². The SMILES string of the molecule is CC(Cc1ccc(Cl)cc1CC(N)C(=O)O)C(=O)O. The van der Waals surface area contributed by atoms with Gasteiger partial charge in [-0.1, -0.05) is 24.6 Å². The lowest BCUT2D eigenvalue weighted by Gasteiger charge is -2.14. The van der Waals surface area contributed by atoms with E-state index in [9.17, 15) is 9.59 Å². The van der Waals surface area contributed by atoms with Gasteiger partial charge in [0.25, 0.3) is 0 Å². The first-order valence-electron chi connectivity index (χ1n) is 5.79. The largest absolute Gasteiger partial charge is 0.481 e. The lowest BCUT2D eigenvalue weighted by atomic mass is 9.93. The van der Waals surface area contributed by atoms with E-state index in [2.05, 4.69) is 0 Å². The summed E-state index contributed by atoms with van der Waals surface area (Å²) >= 11 is 5.87. The Morgan fingerprint density at radius 3 is 2.37 bits per heavy atom. The van der Waals surface area contributed by atoms with Crippen LogP contribution in [0.5, 0.6) is 0 Å². The average Bonchev–Trinajstić information content (AvgIpc) is 2.32. The molecule has 0 radical (unpaired) electrons. The number of benzene rings is 1. The van der Waals surface area contributed by atoms with E-state index in [1.807, 2.05) is 0 Å². The molecule has 2 atom stereocenters. The molecule has 0 amide bonds. The molecular formula is C13H16ClNO4. The molecule has 5 nitrogen and oxygen atoms in total.